The molecule has 4 saturated carbocycles. The first-order chi connectivity index (χ1) is 65.1. The minimum atomic E-state index is -0.912. The Bertz CT molecular complexity index is 5700. The normalized spacial score (nSPS) is 29.3. The average molecular weight is 1960 g/mol. The van der Waals surface area contributed by atoms with E-state index in [0.29, 0.717) is 107 Å². The number of benzene rings is 5. The molecular formula is C109H135N9O18V2-2. The maximum Gasteiger partial charge on any atom is 0.307 e. The minimum Gasteiger partial charge on any atom is -0.540 e. The Labute approximate surface area is 834 Å². The molecule has 27 nitrogen and oxygen atoms in total. The van der Waals surface area contributed by atoms with E-state index in [1.165, 1.54) is 13.3 Å². The summed E-state index contributed by atoms with van der Waals surface area (Å²) in [7, 11) is 4.84. The van der Waals surface area contributed by atoms with Gasteiger partial charge < -0.3 is 66.9 Å². The number of amides is 3. The van der Waals surface area contributed by atoms with Crippen molar-refractivity contribution >= 4 is 87.1 Å². The topological polar surface area (TPSA) is 324 Å². The number of carbonyl (C=O) groups excluding carboxylic acids is 9. The summed E-state index contributed by atoms with van der Waals surface area (Å²) in [6, 6.07) is 33.8. The van der Waals surface area contributed by atoms with E-state index in [4.69, 9.17) is 72.5 Å². The van der Waals surface area contributed by atoms with Crippen molar-refractivity contribution in [2.24, 2.45) is 69.5 Å². The van der Waals surface area contributed by atoms with Gasteiger partial charge in [0.25, 0.3) is 0 Å². The van der Waals surface area contributed by atoms with Crippen molar-refractivity contribution in [2.75, 3.05) is 41.0 Å². The van der Waals surface area contributed by atoms with E-state index in [1.54, 1.807) is 36.0 Å². The van der Waals surface area contributed by atoms with Crippen LogP contribution in [0.5, 0.6) is 34.9 Å². The summed E-state index contributed by atoms with van der Waals surface area (Å²) >= 11 is 0. The fourth-order valence-corrected chi connectivity index (χ4v) is 22.4. The molecule has 3 saturated heterocycles. The first kappa shape index (κ1) is 104. The Morgan fingerprint density at radius 2 is 0.841 bits per heavy atom. The number of rotatable bonds is 9. The van der Waals surface area contributed by atoms with Gasteiger partial charge in [0, 0.05) is 67.1 Å². The molecule has 8 aromatic rings. The van der Waals surface area contributed by atoms with Crippen molar-refractivity contribution in [1.82, 2.24) is 44.6 Å². The van der Waals surface area contributed by atoms with Gasteiger partial charge in [-0.1, -0.05) is 187 Å². The van der Waals surface area contributed by atoms with Crippen molar-refractivity contribution in [3.05, 3.63) is 143 Å². The molecule has 3 amide bonds. The number of aromatic nitrogens is 6. The van der Waals surface area contributed by atoms with Crippen LogP contribution < -0.4 is 28.4 Å². The van der Waals surface area contributed by atoms with Gasteiger partial charge in [0.15, 0.2) is 5.78 Å². The molecule has 9 heterocycles. The van der Waals surface area contributed by atoms with Gasteiger partial charge in [-0.25, -0.2) is 42.5 Å². The van der Waals surface area contributed by atoms with Gasteiger partial charge in [-0.15, -0.1) is 0 Å². The number of carbonyl (C=O) groups is 7. The third-order valence-electron chi connectivity index (χ3n) is 30.6. The summed E-state index contributed by atoms with van der Waals surface area (Å²) in [5, 5.41) is 0. The van der Waals surface area contributed by atoms with Crippen LogP contribution in [-0.2, 0) is 114 Å². The Hall–Kier alpha value is -10.1. The number of ether oxygens (including phenoxy) is 9. The van der Waals surface area contributed by atoms with E-state index in [9.17, 15) is 43.2 Å². The summed E-state index contributed by atoms with van der Waals surface area (Å²) in [6.45, 7) is 23.7. The van der Waals surface area contributed by atoms with Crippen LogP contribution >= 0.6 is 0 Å². The molecule has 20 atom stereocenters. The Morgan fingerprint density at radius 3 is 1.30 bits per heavy atom. The van der Waals surface area contributed by atoms with Gasteiger partial charge in [0.2, 0.25) is 35.4 Å². The summed E-state index contributed by atoms with van der Waals surface area (Å²) in [6.07, 6.45) is 20.9. The minimum absolute atomic E-state index is 0. The van der Waals surface area contributed by atoms with E-state index in [-0.39, 0.29) is 136 Å². The van der Waals surface area contributed by atoms with Crippen LogP contribution in [0.1, 0.15) is 252 Å². The Kier molecular flexibility index (Phi) is 33.1. The molecule has 0 N–H and O–H groups in total. The second-order valence-corrected chi connectivity index (χ2v) is 43.0. The predicted octanol–water partition coefficient (Wildman–Crippen LogP) is 17.5. The largest absolute Gasteiger partial charge is 0.540 e. The van der Waals surface area contributed by atoms with Gasteiger partial charge in [-0.05, 0) is 191 Å². The zero-order valence-corrected chi connectivity index (χ0v) is 85.4. The van der Waals surface area contributed by atoms with Crippen LogP contribution in [0.15, 0.2) is 115 Å². The Morgan fingerprint density at radius 1 is 0.435 bits per heavy atom. The number of methoxy groups -OCH3 is 3. The number of nitrogens with zero attached hydrogens (tertiary/aromatic N) is 9. The van der Waals surface area contributed by atoms with Crippen LogP contribution in [0.2, 0.25) is 0 Å². The molecule has 5 aromatic carbocycles. The number of hydrogen-bond donors (Lipinski definition) is 0. The van der Waals surface area contributed by atoms with Crippen LogP contribution in [0.3, 0.4) is 0 Å². The average Bonchev–Trinajstić information content (AvgIpc) is 1.59. The Balaban J connectivity index is 0.000000164. The zero-order valence-electron chi connectivity index (χ0n) is 82.6. The summed E-state index contributed by atoms with van der Waals surface area (Å²) < 4.78 is 54.6. The summed E-state index contributed by atoms with van der Waals surface area (Å²) in [4.78, 5) is 156. The van der Waals surface area contributed by atoms with Crippen LogP contribution in [0.4, 0.5) is 0 Å². The van der Waals surface area contributed by atoms with Crippen LogP contribution in [-0.4, -0.2) is 194 Å². The third kappa shape index (κ3) is 23.5. The number of aryl methyl sites for hydroxylation is 3. The quantitative estimate of drug-likeness (QED) is 0.0736. The maximum atomic E-state index is 14.5. The van der Waals surface area contributed by atoms with Crippen molar-refractivity contribution < 1.29 is 123 Å². The summed E-state index contributed by atoms with van der Waals surface area (Å²) in [5.41, 5.74) is 6.18. The number of esters is 3. The monoisotopic (exact) mass is 1960 g/mol. The predicted molar refractivity (Wildman–Crippen MR) is 512 cm³/mol. The SMILES string of the molecule is CC[C@@H]1[C@@H]2CN(C(=O)[C@H](C(C)(C)C)CC(=O)O[C@@H]3CC4CC4[C@H]3CCCCCc3nc4ccc(OC)cc4nc3O2)[C@@H]1[C-]=O.COc1ccc2nc3c(nc2c1)O[C@H]1CN(C(=O)[C@H](C(C)(C)C)CC(=O)O[C@@H]2C[C@H]2CCCCC3)[C@H](C(C)=O)[C@@H]1c1ccccc1.COc1ccc2nc3c(nc2c1)O[C@H]1CN(C(=O)[C@H](C(C)(C)C)CC(=O)O[C@]2(C)C[C@H]2CCCCC3)[C@H]([C-]=O)[C@@H]1c1ccccc1.[V].[V]. The molecule has 7 fully saturated rings. The molecule has 2 radical (unpaired) electrons. The number of fused-ring (bicyclic) bond motifs is 17. The molecule has 6 bridgehead atoms. The standard InChI is InChI=1S/C37H44N3O6.C37H45N3O6.C35H46N3O6.2V/c1-36(2,3)26-19-32(42)46-37(4)20-24(37)14-10-7-11-15-28-34(39-29-18-25(44-5)16-17-27(29)38-28)45-31-21-40(35(26)43)30(22-41)33(31)23-12-8-6-9-13-23;1-22(41)34-33(23-12-8-6-9-13-23)31-21-40(34)36(43)26(37(2,3)4)20-32(42)45-30-18-24(30)14-10-7-11-15-28-35(46-31)39-29-19-25(44-5)16-17-27(29)38-28;1-6-22-29(19-39)38-18-31(22)44-33-27(36-26-13-12-21(42-5)16-28(26)37-33)11-9-7-8-10-23-24-14-20(24)15-30(23)43-32(40)17-25(34(38)41)35(2,3)4;;/h6,8-9,12-13,16-18,24,26,30-31,33H,7,10-11,14-15,19-21H2,1-5H3;6,8-9,12-13,16-17,19,24,26,30-31,33-34H,7,10-11,14-15,18,20-21H2,1-5H3;12-13,16,20,22-25,29-31H,6-11,14-15,17-18H2,1-5H3;;/q-1;;-1;;/t24-,26-,30-,31+,33+,37-;24-,26-,30-,31+,33-,34-;20?,22-,23+,24?,25+,29+,30+,31-;;/m110../s1. The second kappa shape index (κ2) is 44.0. The molecule has 2 unspecified atom stereocenters. The number of ketones is 1. The van der Waals surface area contributed by atoms with Gasteiger partial charge in [0.05, 0.1) is 117 Å². The van der Waals surface area contributed by atoms with Gasteiger partial charge in [-0.3, -0.25) is 33.6 Å². The molecule has 6 aliphatic heterocycles. The number of hydrogen-bond acceptors (Lipinski definition) is 24. The molecule has 18 rings (SSSR count). The first-order valence-electron chi connectivity index (χ1n) is 49.6. The van der Waals surface area contributed by atoms with E-state index in [2.05, 4.69) is 12.6 Å². The van der Waals surface area contributed by atoms with E-state index in [1.807, 2.05) is 191 Å². The van der Waals surface area contributed by atoms with E-state index >= 15 is 0 Å². The molecule has 736 valence electrons. The smallest absolute Gasteiger partial charge is 0.307 e. The van der Waals surface area contributed by atoms with E-state index in [0.717, 1.165) is 141 Å². The van der Waals surface area contributed by atoms with Crippen molar-refractivity contribution in [1.29, 1.82) is 0 Å². The first-order valence-corrected chi connectivity index (χ1v) is 49.6. The molecule has 3 aromatic heterocycles. The fourth-order valence-electron chi connectivity index (χ4n) is 22.4. The fraction of sp³-hybridized carbons (Fsp3) is 0.587. The van der Waals surface area contributed by atoms with Crippen molar-refractivity contribution in [3.8, 4) is 34.9 Å². The van der Waals surface area contributed by atoms with Gasteiger partial charge >= 0.3 is 17.9 Å². The summed E-state index contributed by atoms with van der Waals surface area (Å²) in [5.74, 6) is 0.530. The van der Waals surface area contributed by atoms with Gasteiger partial charge in [-0.2, -0.15) is 0 Å². The molecule has 0 spiro atoms. The zero-order chi connectivity index (χ0) is 96.4. The van der Waals surface area contributed by atoms with Crippen LogP contribution in [0.25, 0.3) is 33.1 Å². The number of Topliss-reactive ketones (excluding diaryl/α,β-unsaturated/α-hetero) is 1. The molecular weight excluding hydrogens is 1830 g/mol. The van der Waals surface area contributed by atoms with E-state index < -0.39 is 87.9 Å². The second-order valence-electron chi connectivity index (χ2n) is 43.0. The molecule has 138 heavy (non-hydrogen) atoms. The maximum absolute atomic E-state index is 14.5. The van der Waals surface area contributed by atoms with Gasteiger partial charge in [0.1, 0.15) is 76.5 Å². The van der Waals surface area contributed by atoms with Crippen molar-refractivity contribution in [3.63, 3.8) is 0 Å². The molecule has 10 aliphatic rings. The van der Waals surface area contributed by atoms with Crippen LogP contribution in [0, 0.1) is 69.5 Å². The third-order valence-corrected chi connectivity index (χ3v) is 30.6. The molecule has 29 heteroatoms. The van der Waals surface area contributed by atoms with Crippen molar-refractivity contribution in [2.45, 2.75) is 297 Å². The molecule has 4 aliphatic carbocycles.